The maximum Gasteiger partial charge on any atom is 0.193 e. The second-order valence-corrected chi connectivity index (χ2v) is 4.79. The van der Waals surface area contributed by atoms with Crippen molar-refractivity contribution in [3.05, 3.63) is 29.8 Å². The summed E-state index contributed by atoms with van der Waals surface area (Å²) in [5.74, 6) is -1.28. The Hall–Kier alpha value is -1.00. The zero-order valence-corrected chi connectivity index (χ0v) is 13.6. The number of hydrogen-bond donors (Lipinski definition) is 3. The molecule has 4 N–H and O–H groups in total. The maximum atomic E-state index is 13.4. The van der Waals surface area contributed by atoms with Crippen molar-refractivity contribution in [2.75, 3.05) is 25.1 Å². The second-order valence-electron chi connectivity index (χ2n) is 4.79. The van der Waals surface area contributed by atoms with Crippen LogP contribution in [0.2, 0.25) is 0 Å². The van der Waals surface area contributed by atoms with Crippen molar-refractivity contribution >= 4 is 35.6 Å². The Morgan fingerprint density at radius 2 is 2.05 bits per heavy atom. The number of anilines is 1. The molecule has 1 aliphatic heterocycles. The van der Waals surface area contributed by atoms with Gasteiger partial charge in [-0.05, 0) is 12.1 Å². The van der Waals surface area contributed by atoms with Crippen molar-refractivity contribution < 1.29 is 18.6 Å². The number of nitrogens with one attached hydrogen (secondary N) is 1. The third-order valence-corrected chi connectivity index (χ3v) is 3.16. The quantitative estimate of drug-likeness (QED) is 0.402. The fourth-order valence-electron chi connectivity index (χ4n) is 1.91. The van der Waals surface area contributed by atoms with Crippen LogP contribution in [0, 0.1) is 11.6 Å². The Labute approximate surface area is 138 Å². The first kappa shape index (κ1) is 18.1. The van der Waals surface area contributed by atoms with Gasteiger partial charge < -0.3 is 20.9 Å². The molecule has 1 saturated heterocycles. The minimum Gasteiger partial charge on any atom is -0.388 e. The highest BCUT2D eigenvalue weighted by Gasteiger charge is 2.29. The van der Waals surface area contributed by atoms with Gasteiger partial charge in [-0.3, -0.25) is 4.99 Å². The number of aliphatic hydroxyl groups is 1. The topological polar surface area (TPSA) is 79.9 Å². The molecule has 0 unspecified atom stereocenters. The van der Waals surface area contributed by atoms with Gasteiger partial charge in [0.15, 0.2) is 5.96 Å². The lowest BCUT2D eigenvalue weighted by Crippen LogP contribution is -2.40. The van der Waals surface area contributed by atoms with Crippen LogP contribution >= 0.6 is 24.0 Å². The number of ether oxygens (including phenoxy) is 1. The van der Waals surface area contributed by atoms with Crippen LogP contribution in [0.3, 0.4) is 0 Å². The molecule has 0 atom stereocenters. The van der Waals surface area contributed by atoms with Gasteiger partial charge in [0.1, 0.15) is 11.6 Å². The van der Waals surface area contributed by atoms with E-state index in [2.05, 4.69) is 10.3 Å². The van der Waals surface area contributed by atoms with Crippen LogP contribution in [0.25, 0.3) is 0 Å². The Bertz CT molecular complexity index is 508. The summed E-state index contributed by atoms with van der Waals surface area (Å²) in [6.07, 6.45) is 0.941. The van der Waals surface area contributed by atoms with Crippen LogP contribution in [0.1, 0.15) is 12.8 Å². The molecule has 2 rings (SSSR count). The number of rotatable bonds is 3. The number of aliphatic imine (C=N–C) groups is 1. The molecule has 1 fully saturated rings. The molecule has 0 aliphatic carbocycles. The van der Waals surface area contributed by atoms with Crippen LogP contribution in [0.15, 0.2) is 23.2 Å². The fourth-order valence-corrected chi connectivity index (χ4v) is 1.91. The Morgan fingerprint density at radius 1 is 1.38 bits per heavy atom. The lowest BCUT2D eigenvalue weighted by Gasteiger charge is -2.30. The predicted molar refractivity (Wildman–Crippen MR) is 86.9 cm³/mol. The van der Waals surface area contributed by atoms with Gasteiger partial charge in [0.25, 0.3) is 0 Å². The Balaban J connectivity index is 0.00000220. The summed E-state index contributed by atoms with van der Waals surface area (Å²) in [4.78, 5) is 3.97. The summed E-state index contributed by atoms with van der Waals surface area (Å²) in [6, 6.07) is 3.00. The van der Waals surface area contributed by atoms with E-state index in [0.29, 0.717) is 26.1 Å². The number of halogens is 3. The highest BCUT2D eigenvalue weighted by atomic mass is 127. The average Bonchev–Trinajstić information content (AvgIpc) is 2.42. The predicted octanol–water partition coefficient (Wildman–Crippen LogP) is 1.85. The van der Waals surface area contributed by atoms with Gasteiger partial charge in [0.2, 0.25) is 0 Å². The van der Waals surface area contributed by atoms with Gasteiger partial charge in [0, 0.05) is 32.1 Å². The van der Waals surface area contributed by atoms with E-state index in [1.807, 2.05) is 0 Å². The zero-order chi connectivity index (χ0) is 14.6. The number of nitrogens with zero attached hydrogens (tertiary/aromatic N) is 1. The number of guanidine groups is 1. The summed E-state index contributed by atoms with van der Waals surface area (Å²) in [7, 11) is 0. The lowest BCUT2D eigenvalue weighted by atomic mass is 9.95. The lowest BCUT2D eigenvalue weighted by molar-refractivity contribution is -0.0565. The largest absolute Gasteiger partial charge is 0.388 e. The molecule has 0 spiro atoms. The monoisotopic (exact) mass is 413 g/mol. The third kappa shape index (κ3) is 5.36. The van der Waals surface area contributed by atoms with Crippen LogP contribution in [0.4, 0.5) is 14.5 Å². The van der Waals surface area contributed by atoms with Crippen LogP contribution in [-0.2, 0) is 4.74 Å². The first-order chi connectivity index (χ1) is 9.48. The fraction of sp³-hybridized carbons (Fsp3) is 0.462. The van der Waals surface area contributed by atoms with Crippen LogP contribution in [0.5, 0.6) is 0 Å². The smallest absolute Gasteiger partial charge is 0.193 e. The standard InChI is InChI=1S/C13H17F2N3O2.HI/c14-9-1-2-10(15)11(7-9)18-12(16)17-8-13(19)3-5-20-6-4-13;/h1-2,7,19H,3-6,8H2,(H3,16,17,18);1H. The zero-order valence-electron chi connectivity index (χ0n) is 11.3. The molecule has 21 heavy (non-hydrogen) atoms. The molecule has 0 bridgehead atoms. The van der Waals surface area contributed by atoms with Crippen molar-refractivity contribution in [2.24, 2.45) is 10.7 Å². The van der Waals surface area contributed by atoms with Gasteiger partial charge in [-0.25, -0.2) is 8.78 Å². The van der Waals surface area contributed by atoms with Gasteiger partial charge >= 0.3 is 0 Å². The SMILES string of the molecule is I.NC(=NCC1(O)CCOCC1)Nc1cc(F)ccc1F. The van der Waals surface area contributed by atoms with E-state index >= 15 is 0 Å². The number of benzene rings is 1. The summed E-state index contributed by atoms with van der Waals surface area (Å²) >= 11 is 0. The van der Waals surface area contributed by atoms with Gasteiger partial charge in [-0.1, -0.05) is 0 Å². The summed E-state index contributed by atoms with van der Waals surface area (Å²) in [6.45, 7) is 1.03. The molecule has 0 radical (unpaired) electrons. The maximum absolute atomic E-state index is 13.4. The van der Waals surface area contributed by atoms with Gasteiger partial charge in [-0.15, -0.1) is 24.0 Å². The van der Waals surface area contributed by atoms with Crippen LogP contribution < -0.4 is 11.1 Å². The minimum atomic E-state index is -0.953. The van der Waals surface area contributed by atoms with Gasteiger partial charge in [0.05, 0.1) is 17.8 Å². The highest BCUT2D eigenvalue weighted by Crippen LogP contribution is 2.20. The van der Waals surface area contributed by atoms with Crippen molar-refractivity contribution in [2.45, 2.75) is 18.4 Å². The van der Waals surface area contributed by atoms with E-state index in [1.54, 1.807) is 0 Å². The molecule has 5 nitrogen and oxygen atoms in total. The van der Waals surface area contributed by atoms with E-state index in [0.717, 1.165) is 18.2 Å². The Kier molecular flexibility index (Phi) is 6.75. The summed E-state index contributed by atoms with van der Waals surface area (Å²) in [5.41, 5.74) is 4.56. The van der Waals surface area contributed by atoms with Crippen molar-refractivity contribution in [3.8, 4) is 0 Å². The van der Waals surface area contributed by atoms with Crippen molar-refractivity contribution in [1.29, 1.82) is 0 Å². The summed E-state index contributed by atoms with van der Waals surface area (Å²) < 4.78 is 31.5. The Morgan fingerprint density at radius 3 is 2.71 bits per heavy atom. The highest BCUT2D eigenvalue weighted by molar-refractivity contribution is 14.0. The molecule has 0 saturated carbocycles. The van der Waals surface area contributed by atoms with E-state index in [-0.39, 0.29) is 42.2 Å². The molecular formula is C13H18F2IN3O2. The minimum absolute atomic E-state index is 0. The second kappa shape index (κ2) is 7.85. The molecule has 8 heteroatoms. The molecule has 0 amide bonds. The molecule has 0 aromatic heterocycles. The number of hydrogen-bond acceptors (Lipinski definition) is 3. The van der Waals surface area contributed by atoms with Gasteiger partial charge in [-0.2, -0.15) is 0 Å². The summed E-state index contributed by atoms with van der Waals surface area (Å²) in [5, 5.41) is 12.7. The van der Waals surface area contributed by atoms with Crippen molar-refractivity contribution in [3.63, 3.8) is 0 Å². The van der Waals surface area contributed by atoms with E-state index in [9.17, 15) is 13.9 Å². The molecule has 1 aliphatic rings. The van der Waals surface area contributed by atoms with E-state index < -0.39 is 17.2 Å². The average molecular weight is 413 g/mol. The molecule has 1 heterocycles. The van der Waals surface area contributed by atoms with E-state index in [4.69, 9.17) is 10.5 Å². The normalized spacial score (nSPS) is 18.0. The van der Waals surface area contributed by atoms with E-state index in [1.165, 1.54) is 0 Å². The van der Waals surface area contributed by atoms with Crippen LogP contribution in [-0.4, -0.2) is 36.4 Å². The molecular weight excluding hydrogens is 395 g/mol. The van der Waals surface area contributed by atoms with Crippen molar-refractivity contribution in [1.82, 2.24) is 0 Å². The third-order valence-electron chi connectivity index (χ3n) is 3.16. The first-order valence-corrected chi connectivity index (χ1v) is 6.31. The molecule has 118 valence electrons. The number of nitrogens with two attached hydrogens (primary N) is 1. The molecule has 1 aromatic rings. The molecule has 1 aromatic carbocycles. The first-order valence-electron chi connectivity index (χ1n) is 6.31.